The molecule has 72 valence electrons. The second kappa shape index (κ2) is 3.39. The lowest BCUT2D eigenvalue weighted by Gasteiger charge is -2.22. The van der Waals surface area contributed by atoms with E-state index in [4.69, 9.17) is 23.2 Å². The Balaban J connectivity index is 3.08. The van der Waals surface area contributed by atoms with Crippen LogP contribution in [0.4, 0.5) is 13.2 Å². The van der Waals surface area contributed by atoms with E-state index in [1.807, 2.05) is 0 Å². The van der Waals surface area contributed by atoms with Gasteiger partial charge in [-0.1, -0.05) is 53.5 Å². The van der Waals surface area contributed by atoms with Gasteiger partial charge >= 0.3 is 10.5 Å². The van der Waals surface area contributed by atoms with Crippen LogP contribution in [-0.2, 0) is 5.92 Å². The smallest absolute Gasteiger partial charge is 0.201 e. The molecule has 0 aromatic heterocycles. The lowest BCUT2D eigenvalue weighted by Crippen LogP contribution is -2.31. The molecule has 0 N–H and O–H groups in total. The van der Waals surface area contributed by atoms with Crippen molar-refractivity contribution in [3.05, 3.63) is 35.9 Å². The molecule has 0 spiro atoms. The molecule has 1 rings (SSSR count). The van der Waals surface area contributed by atoms with E-state index in [0.29, 0.717) is 0 Å². The molecule has 0 unspecified atom stereocenters. The number of hydrogen-bond acceptors (Lipinski definition) is 0. The van der Waals surface area contributed by atoms with Gasteiger partial charge in [0, 0.05) is 5.56 Å². The van der Waals surface area contributed by atoms with Crippen molar-refractivity contribution in [2.75, 3.05) is 0 Å². The Morgan fingerprint density at radius 3 is 1.77 bits per heavy atom. The maximum atomic E-state index is 13.0. The van der Waals surface area contributed by atoms with Gasteiger partial charge in [-0.25, -0.2) is 4.39 Å². The van der Waals surface area contributed by atoms with Crippen molar-refractivity contribution in [2.24, 2.45) is 0 Å². The summed E-state index contributed by atoms with van der Waals surface area (Å²) in [6.07, 6.45) is 0. The fourth-order valence-corrected chi connectivity index (χ4v) is 1.03. The second-order valence-corrected chi connectivity index (χ2v) is 3.67. The van der Waals surface area contributed by atoms with E-state index >= 15 is 0 Å². The van der Waals surface area contributed by atoms with Gasteiger partial charge in [0.25, 0.3) is 0 Å². The lowest BCUT2D eigenvalue weighted by atomic mass is 10.1. The zero-order valence-corrected chi connectivity index (χ0v) is 7.79. The molecule has 0 aliphatic carbocycles. The third-order valence-corrected chi connectivity index (χ3v) is 1.97. The third-order valence-electron chi connectivity index (χ3n) is 1.49. The molecule has 0 radical (unpaired) electrons. The lowest BCUT2D eigenvalue weighted by molar-refractivity contribution is -0.0650. The van der Waals surface area contributed by atoms with E-state index in [2.05, 4.69) is 0 Å². The van der Waals surface area contributed by atoms with Gasteiger partial charge in [0.2, 0.25) is 0 Å². The standard InChI is InChI=1S/C8H5Cl2F3/c9-8(10,13)7(11,12)6-4-2-1-3-5-6/h1-5H. The number of benzene rings is 1. The zero-order chi connectivity index (χ0) is 10.1. The average Bonchev–Trinajstić information content (AvgIpc) is 2.04. The summed E-state index contributed by atoms with van der Waals surface area (Å²) >= 11 is 9.42. The number of halogens is 5. The Morgan fingerprint density at radius 1 is 0.923 bits per heavy atom. The van der Waals surface area contributed by atoms with E-state index in [1.54, 1.807) is 0 Å². The van der Waals surface area contributed by atoms with E-state index in [-0.39, 0.29) is 0 Å². The molecule has 0 saturated carbocycles. The molecule has 5 heteroatoms. The van der Waals surface area contributed by atoms with Crippen LogP contribution in [0.1, 0.15) is 5.56 Å². The summed E-state index contributed by atoms with van der Waals surface area (Å²) in [6.45, 7) is 0. The maximum Gasteiger partial charge on any atom is 0.334 e. The quantitative estimate of drug-likeness (QED) is 0.675. The highest BCUT2D eigenvalue weighted by Crippen LogP contribution is 2.46. The van der Waals surface area contributed by atoms with Gasteiger partial charge in [0.15, 0.2) is 0 Å². The summed E-state index contributed by atoms with van der Waals surface area (Å²) in [7, 11) is 0. The Kier molecular flexibility index (Phi) is 2.78. The van der Waals surface area contributed by atoms with E-state index in [1.165, 1.54) is 18.2 Å². The predicted molar refractivity (Wildman–Crippen MR) is 45.9 cm³/mol. The fourth-order valence-electron chi connectivity index (χ4n) is 0.811. The molecule has 0 saturated heterocycles. The molecule has 1 aromatic rings. The molecule has 0 aliphatic rings. The maximum absolute atomic E-state index is 13.0. The molecule has 0 amide bonds. The highest BCUT2D eigenvalue weighted by molar-refractivity contribution is 6.47. The topological polar surface area (TPSA) is 0 Å². The minimum atomic E-state index is -3.91. The largest absolute Gasteiger partial charge is 0.334 e. The van der Waals surface area contributed by atoms with Gasteiger partial charge in [-0.05, 0) is 0 Å². The van der Waals surface area contributed by atoms with Gasteiger partial charge in [0.05, 0.1) is 0 Å². The summed E-state index contributed by atoms with van der Waals surface area (Å²) in [5.41, 5.74) is -0.553. The van der Waals surface area contributed by atoms with Gasteiger partial charge in [-0.3, -0.25) is 0 Å². The number of alkyl halides is 5. The van der Waals surface area contributed by atoms with Crippen LogP contribution < -0.4 is 0 Å². The molecule has 0 heterocycles. The van der Waals surface area contributed by atoms with Crippen molar-refractivity contribution < 1.29 is 13.2 Å². The van der Waals surface area contributed by atoms with Crippen molar-refractivity contribution in [2.45, 2.75) is 10.5 Å². The van der Waals surface area contributed by atoms with Crippen LogP contribution in [0, 0.1) is 0 Å². The zero-order valence-electron chi connectivity index (χ0n) is 6.28. The van der Waals surface area contributed by atoms with Crippen molar-refractivity contribution in [1.82, 2.24) is 0 Å². The van der Waals surface area contributed by atoms with Crippen molar-refractivity contribution in [3.63, 3.8) is 0 Å². The summed E-state index contributed by atoms with van der Waals surface area (Å²) in [6, 6.07) is 6.34. The summed E-state index contributed by atoms with van der Waals surface area (Å²) in [4.78, 5) is 0. The molecular formula is C8H5Cl2F3. The molecule has 13 heavy (non-hydrogen) atoms. The van der Waals surface area contributed by atoms with Crippen molar-refractivity contribution in [1.29, 1.82) is 0 Å². The fraction of sp³-hybridized carbons (Fsp3) is 0.250. The van der Waals surface area contributed by atoms with E-state index in [9.17, 15) is 13.2 Å². The predicted octanol–water partition coefficient (Wildman–Crippen LogP) is 3.88. The van der Waals surface area contributed by atoms with Gasteiger partial charge < -0.3 is 0 Å². The third kappa shape index (κ3) is 2.09. The van der Waals surface area contributed by atoms with Crippen LogP contribution in [0.3, 0.4) is 0 Å². The van der Waals surface area contributed by atoms with Crippen molar-refractivity contribution >= 4 is 23.2 Å². The Labute approximate surface area is 83.3 Å². The van der Waals surface area contributed by atoms with Crippen LogP contribution in [0.25, 0.3) is 0 Å². The minimum Gasteiger partial charge on any atom is -0.201 e. The molecule has 0 nitrogen and oxygen atoms in total. The molecule has 0 atom stereocenters. The summed E-state index contributed by atoms with van der Waals surface area (Å²) in [5.74, 6) is -3.91. The highest BCUT2D eigenvalue weighted by Gasteiger charge is 2.53. The molecule has 0 fully saturated rings. The van der Waals surface area contributed by atoms with E-state index < -0.39 is 16.1 Å². The van der Waals surface area contributed by atoms with Gasteiger partial charge in [0.1, 0.15) is 0 Å². The van der Waals surface area contributed by atoms with Crippen LogP contribution in [0.5, 0.6) is 0 Å². The molecular weight excluding hydrogens is 224 g/mol. The normalized spacial score (nSPS) is 13.0. The first kappa shape index (κ1) is 10.7. The van der Waals surface area contributed by atoms with Crippen LogP contribution in [0.15, 0.2) is 30.3 Å². The second-order valence-electron chi connectivity index (χ2n) is 2.44. The number of rotatable bonds is 2. The monoisotopic (exact) mass is 228 g/mol. The SMILES string of the molecule is FC(Cl)(Cl)C(F)(F)c1ccccc1. The first-order valence-electron chi connectivity index (χ1n) is 3.36. The van der Waals surface area contributed by atoms with Crippen LogP contribution in [0.2, 0.25) is 0 Å². The Bertz CT molecular complexity index is 279. The average molecular weight is 229 g/mol. The van der Waals surface area contributed by atoms with Gasteiger partial charge in [-0.2, -0.15) is 8.78 Å². The molecule has 1 aromatic carbocycles. The summed E-state index contributed by atoms with van der Waals surface area (Å²) in [5, 5.41) is 0. The van der Waals surface area contributed by atoms with Crippen LogP contribution >= 0.6 is 23.2 Å². The minimum absolute atomic E-state index is 0.553. The Hall–Kier alpha value is -0.410. The van der Waals surface area contributed by atoms with Crippen LogP contribution in [-0.4, -0.2) is 4.59 Å². The van der Waals surface area contributed by atoms with Gasteiger partial charge in [-0.15, -0.1) is 0 Å². The van der Waals surface area contributed by atoms with E-state index in [0.717, 1.165) is 12.1 Å². The molecule has 0 bridgehead atoms. The van der Waals surface area contributed by atoms with Crippen molar-refractivity contribution in [3.8, 4) is 0 Å². The first-order valence-corrected chi connectivity index (χ1v) is 4.11. The summed E-state index contributed by atoms with van der Waals surface area (Å²) < 4.78 is 35.1. The Morgan fingerprint density at radius 2 is 1.38 bits per heavy atom. The molecule has 0 aliphatic heterocycles. The first-order chi connectivity index (χ1) is 5.86. The highest BCUT2D eigenvalue weighted by atomic mass is 35.5. The number of hydrogen-bond donors (Lipinski definition) is 0.